The van der Waals surface area contributed by atoms with Crippen molar-refractivity contribution in [2.24, 2.45) is 0 Å². The number of carbonyl (C=O) groups is 2. The van der Waals surface area contributed by atoms with E-state index in [2.05, 4.69) is 5.32 Å². The summed E-state index contributed by atoms with van der Waals surface area (Å²) in [5.74, 6) is -0.568. The average molecular weight is 338 g/mol. The van der Waals surface area contributed by atoms with E-state index in [1.54, 1.807) is 24.3 Å². The number of alkyl carbamates (subject to hydrolysis) is 1. The first kappa shape index (κ1) is 18.0. The number of carbonyl (C=O) groups excluding carboxylic acids is 2. The van der Waals surface area contributed by atoms with E-state index in [0.717, 1.165) is 11.1 Å². The molecule has 1 N–H and O–H groups in total. The van der Waals surface area contributed by atoms with Gasteiger partial charge in [0.2, 0.25) is 0 Å². The molecular formula is C19H18N2O4. The summed E-state index contributed by atoms with van der Waals surface area (Å²) < 4.78 is 9.86. The third-order valence-corrected chi connectivity index (χ3v) is 3.51. The number of nitrogens with one attached hydrogen (secondary N) is 1. The summed E-state index contributed by atoms with van der Waals surface area (Å²) >= 11 is 0. The van der Waals surface area contributed by atoms with Crippen LogP contribution in [0.3, 0.4) is 0 Å². The quantitative estimate of drug-likeness (QED) is 0.818. The molecule has 0 unspecified atom stereocenters. The van der Waals surface area contributed by atoms with Gasteiger partial charge in [-0.2, -0.15) is 5.26 Å². The summed E-state index contributed by atoms with van der Waals surface area (Å²) in [7, 11) is 1.26. The van der Waals surface area contributed by atoms with Crippen molar-refractivity contribution in [1.82, 2.24) is 5.32 Å². The Labute approximate surface area is 146 Å². The summed E-state index contributed by atoms with van der Waals surface area (Å²) in [6, 6.07) is 17.1. The SMILES string of the molecule is COC(=O)[C@H](Cc1ccc(C#N)cc1)NC(=O)OCc1ccccc1. The fourth-order valence-corrected chi connectivity index (χ4v) is 2.19. The van der Waals surface area contributed by atoms with Crippen LogP contribution in [0.5, 0.6) is 0 Å². The van der Waals surface area contributed by atoms with E-state index in [-0.39, 0.29) is 13.0 Å². The fourth-order valence-electron chi connectivity index (χ4n) is 2.19. The highest BCUT2D eigenvalue weighted by atomic mass is 16.6. The van der Waals surface area contributed by atoms with Crippen LogP contribution in [0.2, 0.25) is 0 Å². The van der Waals surface area contributed by atoms with Crippen molar-refractivity contribution in [2.45, 2.75) is 19.1 Å². The third-order valence-electron chi connectivity index (χ3n) is 3.51. The van der Waals surface area contributed by atoms with Gasteiger partial charge in [-0.15, -0.1) is 0 Å². The predicted octanol–water partition coefficient (Wildman–Crippen LogP) is 2.57. The largest absolute Gasteiger partial charge is 0.467 e. The fraction of sp³-hybridized carbons (Fsp3) is 0.211. The highest BCUT2D eigenvalue weighted by molar-refractivity contribution is 5.81. The van der Waals surface area contributed by atoms with Gasteiger partial charge in [-0.1, -0.05) is 42.5 Å². The third kappa shape index (κ3) is 5.66. The van der Waals surface area contributed by atoms with Crippen LogP contribution in [-0.2, 0) is 27.3 Å². The molecule has 0 saturated heterocycles. The normalized spacial score (nSPS) is 11.0. The molecule has 0 bridgehead atoms. The summed E-state index contributed by atoms with van der Waals surface area (Å²) in [6.07, 6.45) is -0.466. The first-order chi connectivity index (χ1) is 12.1. The van der Waals surface area contributed by atoms with Crippen LogP contribution < -0.4 is 5.32 Å². The van der Waals surface area contributed by atoms with Crippen LogP contribution in [0.25, 0.3) is 0 Å². The molecule has 0 radical (unpaired) electrons. The molecule has 0 spiro atoms. The van der Waals surface area contributed by atoms with Gasteiger partial charge in [0.05, 0.1) is 18.7 Å². The Hall–Kier alpha value is -3.33. The number of rotatable bonds is 6. The van der Waals surface area contributed by atoms with Crippen molar-refractivity contribution in [3.63, 3.8) is 0 Å². The molecule has 2 rings (SSSR count). The zero-order chi connectivity index (χ0) is 18.1. The van der Waals surface area contributed by atoms with Crippen molar-refractivity contribution in [2.75, 3.05) is 7.11 Å². The second-order valence-electron chi connectivity index (χ2n) is 5.29. The Morgan fingerprint density at radius 1 is 1.08 bits per heavy atom. The molecule has 0 saturated carbocycles. The van der Waals surface area contributed by atoms with Gasteiger partial charge in [-0.25, -0.2) is 9.59 Å². The maximum Gasteiger partial charge on any atom is 0.408 e. The van der Waals surface area contributed by atoms with Crippen molar-refractivity contribution in [3.05, 3.63) is 71.3 Å². The molecule has 0 heterocycles. The van der Waals surface area contributed by atoms with Crippen molar-refractivity contribution in [1.29, 1.82) is 5.26 Å². The van der Waals surface area contributed by atoms with Gasteiger partial charge >= 0.3 is 12.1 Å². The molecule has 2 aromatic rings. The van der Waals surface area contributed by atoms with E-state index in [4.69, 9.17) is 14.7 Å². The van der Waals surface area contributed by atoms with Gasteiger partial charge in [0.15, 0.2) is 0 Å². The van der Waals surface area contributed by atoms with Gasteiger partial charge in [-0.3, -0.25) is 0 Å². The standard InChI is InChI=1S/C19H18N2O4/c1-24-18(22)17(11-14-7-9-15(12-20)10-8-14)21-19(23)25-13-16-5-3-2-4-6-16/h2-10,17H,11,13H2,1H3,(H,21,23)/t17-/m0/s1. The molecule has 1 amide bonds. The summed E-state index contributed by atoms with van der Waals surface area (Å²) in [4.78, 5) is 23.9. The minimum absolute atomic E-state index is 0.109. The number of ether oxygens (including phenoxy) is 2. The number of nitriles is 1. The van der Waals surface area contributed by atoms with Crippen molar-refractivity contribution in [3.8, 4) is 6.07 Å². The molecule has 0 aromatic heterocycles. The second-order valence-corrected chi connectivity index (χ2v) is 5.29. The topological polar surface area (TPSA) is 88.4 Å². The van der Waals surface area contributed by atoms with Crippen LogP contribution in [0.1, 0.15) is 16.7 Å². The monoisotopic (exact) mass is 338 g/mol. The van der Waals surface area contributed by atoms with Gasteiger partial charge < -0.3 is 14.8 Å². The Morgan fingerprint density at radius 2 is 1.76 bits per heavy atom. The lowest BCUT2D eigenvalue weighted by Gasteiger charge is -2.16. The van der Waals surface area contributed by atoms with E-state index < -0.39 is 18.1 Å². The molecule has 6 heteroatoms. The van der Waals surface area contributed by atoms with Gasteiger partial charge in [0.25, 0.3) is 0 Å². The van der Waals surface area contributed by atoms with E-state index in [1.807, 2.05) is 36.4 Å². The van der Waals surface area contributed by atoms with Crippen molar-refractivity contribution >= 4 is 12.1 Å². The lowest BCUT2D eigenvalue weighted by atomic mass is 10.0. The Bertz CT molecular complexity index is 751. The molecule has 0 fully saturated rings. The maximum atomic E-state index is 12.0. The lowest BCUT2D eigenvalue weighted by Crippen LogP contribution is -2.43. The minimum atomic E-state index is -0.874. The molecule has 6 nitrogen and oxygen atoms in total. The van der Waals surface area contributed by atoms with Gasteiger partial charge in [0, 0.05) is 6.42 Å². The molecule has 128 valence electrons. The van der Waals surface area contributed by atoms with Gasteiger partial charge in [0.1, 0.15) is 12.6 Å². The van der Waals surface area contributed by atoms with E-state index in [0.29, 0.717) is 5.56 Å². The predicted molar refractivity (Wildman–Crippen MR) is 90.4 cm³/mol. The molecule has 2 aromatic carbocycles. The van der Waals surface area contributed by atoms with E-state index >= 15 is 0 Å². The molecule has 1 atom stereocenters. The van der Waals surface area contributed by atoms with E-state index in [1.165, 1.54) is 7.11 Å². The first-order valence-corrected chi connectivity index (χ1v) is 7.66. The van der Waals surface area contributed by atoms with Crippen LogP contribution in [0.15, 0.2) is 54.6 Å². The summed E-state index contributed by atoms with van der Waals surface area (Å²) in [6.45, 7) is 0.109. The number of benzene rings is 2. The molecule has 0 aliphatic carbocycles. The first-order valence-electron chi connectivity index (χ1n) is 7.66. The summed E-state index contributed by atoms with van der Waals surface area (Å²) in [5, 5.41) is 11.3. The van der Waals surface area contributed by atoms with E-state index in [9.17, 15) is 9.59 Å². The number of hydrogen-bond donors (Lipinski definition) is 1. The van der Waals surface area contributed by atoms with Crippen LogP contribution in [-0.4, -0.2) is 25.2 Å². The van der Waals surface area contributed by atoms with Crippen LogP contribution in [0.4, 0.5) is 4.79 Å². The number of nitrogens with zero attached hydrogens (tertiary/aromatic N) is 1. The molecule has 25 heavy (non-hydrogen) atoms. The van der Waals surface area contributed by atoms with Crippen LogP contribution >= 0.6 is 0 Å². The zero-order valence-electron chi connectivity index (χ0n) is 13.8. The van der Waals surface area contributed by atoms with Crippen molar-refractivity contribution < 1.29 is 19.1 Å². The number of esters is 1. The number of amides is 1. The van der Waals surface area contributed by atoms with Gasteiger partial charge in [-0.05, 0) is 23.3 Å². The minimum Gasteiger partial charge on any atom is -0.467 e. The number of methoxy groups -OCH3 is 1. The Balaban J connectivity index is 1.95. The Kier molecular flexibility index (Phi) is 6.55. The molecule has 0 aliphatic heterocycles. The highest BCUT2D eigenvalue weighted by Gasteiger charge is 2.22. The highest BCUT2D eigenvalue weighted by Crippen LogP contribution is 2.08. The zero-order valence-corrected chi connectivity index (χ0v) is 13.8. The second kappa shape index (κ2) is 9.08. The average Bonchev–Trinajstić information content (AvgIpc) is 2.66. The summed E-state index contributed by atoms with van der Waals surface area (Å²) in [5.41, 5.74) is 2.16. The Morgan fingerprint density at radius 3 is 2.36 bits per heavy atom. The molecular weight excluding hydrogens is 320 g/mol. The maximum absolute atomic E-state index is 12.0. The molecule has 0 aliphatic rings. The van der Waals surface area contributed by atoms with Crippen LogP contribution in [0, 0.1) is 11.3 Å². The smallest absolute Gasteiger partial charge is 0.408 e. The lowest BCUT2D eigenvalue weighted by molar-refractivity contribution is -0.143. The number of hydrogen-bond acceptors (Lipinski definition) is 5.